The van der Waals surface area contributed by atoms with Crippen molar-refractivity contribution in [3.63, 3.8) is 0 Å². The van der Waals surface area contributed by atoms with Crippen LogP contribution in [0, 0.1) is 6.92 Å². The second kappa shape index (κ2) is 4.63. The van der Waals surface area contributed by atoms with Gasteiger partial charge in [-0.2, -0.15) is 4.98 Å². The van der Waals surface area contributed by atoms with Gasteiger partial charge in [-0.05, 0) is 19.8 Å². The molecule has 0 amide bonds. The molecule has 1 unspecified atom stereocenters. The first-order valence-corrected chi connectivity index (χ1v) is 5.44. The Hall–Kier alpha value is -1.40. The number of hydrazine groups is 1. The quantitative estimate of drug-likeness (QED) is 0.495. The molecule has 1 atom stereocenters. The highest BCUT2D eigenvalue weighted by atomic mass is 16.3. The number of nitrogens with zero attached hydrogens (tertiary/aromatic N) is 3. The van der Waals surface area contributed by atoms with E-state index < -0.39 is 0 Å². The van der Waals surface area contributed by atoms with Gasteiger partial charge in [-0.25, -0.2) is 10.8 Å². The van der Waals surface area contributed by atoms with Crippen LogP contribution in [0.5, 0.6) is 0 Å². The van der Waals surface area contributed by atoms with Gasteiger partial charge in [0.1, 0.15) is 5.82 Å². The van der Waals surface area contributed by atoms with Crippen molar-refractivity contribution in [2.45, 2.75) is 25.8 Å². The van der Waals surface area contributed by atoms with Gasteiger partial charge in [0.05, 0.1) is 12.6 Å². The second-order valence-electron chi connectivity index (χ2n) is 4.02. The average Bonchev–Trinajstić information content (AvgIpc) is 2.77. The van der Waals surface area contributed by atoms with Crippen molar-refractivity contribution in [3.05, 3.63) is 11.8 Å². The first kappa shape index (κ1) is 11.1. The Morgan fingerprint density at radius 1 is 1.69 bits per heavy atom. The summed E-state index contributed by atoms with van der Waals surface area (Å²) in [7, 11) is 0. The minimum Gasteiger partial charge on any atom is -0.394 e. The van der Waals surface area contributed by atoms with Crippen molar-refractivity contribution in [1.82, 2.24) is 9.97 Å². The van der Waals surface area contributed by atoms with Crippen molar-refractivity contribution in [2.24, 2.45) is 5.84 Å². The molecule has 1 aromatic heterocycles. The fourth-order valence-corrected chi connectivity index (χ4v) is 2.10. The molecule has 0 aromatic carbocycles. The highest BCUT2D eigenvalue weighted by Gasteiger charge is 2.26. The summed E-state index contributed by atoms with van der Waals surface area (Å²) < 4.78 is 0. The van der Waals surface area contributed by atoms with Crippen LogP contribution >= 0.6 is 0 Å². The summed E-state index contributed by atoms with van der Waals surface area (Å²) in [6.45, 7) is 3.05. The number of nitrogen functional groups attached to an aromatic ring is 1. The van der Waals surface area contributed by atoms with E-state index in [0.717, 1.165) is 30.8 Å². The molecule has 0 aliphatic carbocycles. The summed E-state index contributed by atoms with van der Waals surface area (Å²) in [5.41, 5.74) is 3.44. The van der Waals surface area contributed by atoms with Crippen molar-refractivity contribution >= 4 is 11.8 Å². The molecular formula is C10H17N5O. The van der Waals surface area contributed by atoms with Crippen molar-refractivity contribution in [2.75, 3.05) is 23.5 Å². The van der Waals surface area contributed by atoms with Crippen LogP contribution in [0.25, 0.3) is 0 Å². The van der Waals surface area contributed by atoms with Gasteiger partial charge in [-0.3, -0.25) is 5.43 Å². The van der Waals surface area contributed by atoms with E-state index in [1.807, 2.05) is 6.92 Å². The number of nitrogens with one attached hydrogen (secondary N) is 1. The predicted molar refractivity (Wildman–Crippen MR) is 62.0 cm³/mol. The molecule has 0 bridgehead atoms. The van der Waals surface area contributed by atoms with Crippen LogP contribution in [0.2, 0.25) is 0 Å². The number of aliphatic hydroxyl groups is 1. The van der Waals surface area contributed by atoms with Gasteiger partial charge in [0.25, 0.3) is 0 Å². The maximum absolute atomic E-state index is 9.29. The van der Waals surface area contributed by atoms with Gasteiger partial charge in [-0.1, -0.05) is 0 Å². The largest absolute Gasteiger partial charge is 0.394 e. The molecule has 1 aliphatic heterocycles. The van der Waals surface area contributed by atoms with E-state index in [-0.39, 0.29) is 12.6 Å². The topological polar surface area (TPSA) is 87.3 Å². The first-order valence-electron chi connectivity index (χ1n) is 5.44. The zero-order valence-corrected chi connectivity index (χ0v) is 9.35. The van der Waals surface area contributed by atoms with E-state index in [1.165, 1.54) is 0 Å². The average molecular weight is 223 g/mol. The fraction of sp³-hybridized carbons (Fsp3) is 0.600. The molecule has 1 fully saturated rings. The number of nitrogens with two attached hydrogens (primary N) is 1. The van der Waals surface area contributed by atoms with Gasteiger partial charge in [0.2, 0.25) is 5.95 Å². The van der Waals surface area contributed by atoms with E-state index in [0.29, 0.717) is 5.95 Å². The van der Waals surface area contributed by atoms with Crippen LogP contribution < -0.4 is 16.2 Å². The Morgan fingerprint density at radius 3 is 3.19 bits per heavy atom. The number of aryl methyl sites for hydroxylation is 1. The zero-order chi connectivity index (χ0) is 11.5. The SMILES string of the molecule is Cc1cnc(NN)nc1N1CCCC1CO. The zero-order valence-electron chi connectivity index (χ0n) is 9.35. The Morgan fingerprint density at radius 2 is 2.50 bits per heavy atom. The minimum atomic E-state index is 0.162. The normalized spacial score (nSPS) is 20.2. The molecule has 0 spiro atoms. The number of anilines is 2. The van der Waals surface area contributed by atoms with Crippen molar-refractivity contribution < 1.29 is 5.11 Å². The van der Waals surface area contributed by atoms with Crippen LogP contribution in [0.15, 0.2) is 6.20 Å². The first-order chi connectivity index (χ1) is 7.76. The molecule has 2 heterocycles. The van der Waals surface area contributed by atoms with Crippen LogP contribution in [0.4, 0.5) is 11.8 Å². The van der Waals surface area contributed by atoms with E-state index in [1.54, 1.807) is 6.20 Å². The summed E-state index contributed by atoms with van der Waals surface area (Å²) in [6, 6.07) is 0.166. The lowest BCUT2D eigenvalue weighted by atomic mass is 10.2. The molecule has 2 rings (SSSR count). The molecule has 6 heteroatoms. The third-order valence-corrected chi connectivity index (χ3v) is 2.93. The van der Waals surface area contributed by atoms with E-state index in [9.17, 15) is 5.11 Å². The molecular weight excluding hydrogens is 206 g/mol. The molecule has 4 N–H and O–H groups in total. The lowest BCUT2D eigenvalue weighted by Gasteiger charge is -2.25. The predicted octanol–water partition coefficient (Wildman–Crippen LogP) is 0.0317. The summed E-state index contributed by atoms with van der Waals surface area (Å²) in [4.78, 5) is 10.5. The standard InChI is InChI=1S/C10H17N5O/c1-7-5-12-10(14-11)13-9(7)15-4-2-3-8(15)6-16/h5,8,16H,2-4,6,11H2,1H3,(H,12,13,14). The number of hydrogen-bond donors (Lipinski definition) is 3. The van der Waals surface area contributed by atoms with Gasteiger partial charge >= 0.3 is 0 Å². The number of hydrogen-bond acceptors (Lipinski definition) is 6. The van der Waals surface area contributed by atoms with Gasteiger partial charge in [0, 0.05) is 18.3 Å². The number of aliphatic hydroxyl groups excluding tert-OH is 1. The Bertz CT molecular complexity index is 370. The smallest absolute Gasteiger partial charge is 0.239 e. The van der Waals surface area contributed by atoms with Crippen molar-refractivity contribution in [3.8, 4) is 0 Å². The van der Waals surface area contributed by atoms with Crippen LogP contribution in [-0.4, -0.2) is 34.3 Å². The fourth-order valence-electron chi connectivity index (χ4n) is 2.10. The highest BCUT2D eigenvalue weighted by Crippen LogP contribution is 2.26. The van der Waals surface area contributed by atoms with Gasteiger partial charge < -0.3 is 10.0 Å². The third-order valence-electron chi connectivity index (χ3n) is 2.93. The molecule has 0 saturated carbocycles. The van der Waals surface area contributed by atoms with E-state index in [2.05, 4.69) is 20.3 Å². The summed E-state index contributed by atoms with van der Waals surface area (Å²) >= 11 is 0. The summed E-state index contributed by atoms with van der Waals surface area (Å²) in [5, 5.41) is 9.29. The van der Waals surface area contributed by atoms with Crippen LogP contribution in [0.1, 0.15) is 18.4 Å². The number of aromatic nitrogens is 2. The Labute approximate surface area is 94.5 Å². The monoisotopic (exact) mass is 223 g/mol. The molecule has 6 nitrogen and oxygen atoms in total. The molecule has 16 heavy (non-hydrogen) atoms. The van der Waals surface area contributed by atoms with E-state index in [4.69, 9.17) is 5.84 Å². The van der Waals surface area contributed by atoms with E-state index >= 15 is 0 Å². The summed E-state index contributed by atoms with van der Waals surface area (Å²) in [5.74, 6) is 6.56. The Kier molecular flexibility index (Phi) is 3.21. The molecule has 0 radical (unpaired) electrons. The van der Waals surface area contributed by atoms with Gasteiger partial charge in [0.15, 0.2) is 0 Å². The molecule has 1 aliphatic rings. The minimum absolute atomic E-state index is 0.162. The van der Waals surface area contributed by atoms with Gasteiger partial charge in [-0.15, -0.1) is 0 Å². The highest BCUT2D eigenvalue weighted by molar-refractivity contribution is 5.50. The lowest BCUT2D eigenvalue weighted by molar-refractivity contribution is 0.266. The van der Waals surface area contributed by atoms with Crippen LogP contribution in [0.3, 0.4) is 0 Å². The maximum Gasteiger partial charge on any atom is 0.239 e. The summed E-state index contributed by atoms with van der Waals surface area (Å²) in [6.07, 6.45) is 3.83. The third kappa shape index (κ3) is 1.94. The van der Waals surface area contributed by atoms with Crippen LogP contribution in [-0.2, 0) is 0 Å². The molecule has 88 valence electrons. The lowest BCUT2D eigenvalue weighted by Crippen LogP contribution is -2.33. The second-order valence-corrected chi connectivity index (χ2v) is 4.02. The molecule has 1 saturated heterocycles. The number of rotatable bonds is 3. The molecule has 1 aromatic rings. The Balaban J connectivity index is 2.31. The maximum atomic E-state index is 9.29. The van der Waals surface area contributed by atoms with Crippen molar-refractivity contribution in [1.29, 1.82) is 0 Å².